The van der Waals surface area contributed by atoms with Crippen LogP contribution in [-0.4, -0.2) is 12.0 Å². The Kier molecular flexibility index (Phi) is 4.50. The van der Waals surface area contributed by atoms with Crippen LogP contribution in [0.1, 0.15) is 33.9 Å². The van der Waals surface area contributed by atoms with Crippen molar-refractivity contribution in [3.05, 3.63) is 64.2 Å². The van der Waals surface area contributed by atoms with E-state index in [4.69, 9.17) is 0 Å². The molecule has 0 saturated heterocycles. The first-order valence-electron chi connectivity index (χ1n) is 6.86. The highest BCUT2D eigenvalue weighted by molar-refractivity contribution is 5.39. The molecule has 0 aliphatic carbocycles. The molecule has 0 radical (unpaired) electrons. The third-order valence-corrected chi connectivity index (χ3v) is 3.78. The van der Waals surface area contributed by atoms with Crippen molar-refractivity contribution in [1.82, 2.24) is 10.3 Å². The van der Waals surface area contributed by atoms with E-state index in [9.17, 15) is 4.39 Å². The first-order valence-corrected chi connectivity index (χ1v) is 6.86. The zero-order valence-corrected chi connectivity index (χ0v) is 12.5. The Hall–Kier alpha value is -1.74. The van der Waals surface area contributed by atoms with Gasteiger partial charge in [0.15, 0.2) is 0 Å². The molecule has 0 spiro atoms. The Morgan fingerprint density at radius 3 is 2.40 bits per heavy atom. The fraction of sp³-hybridized carbons (Fsp3) is 0.353. The number of rotatable bonds is 4. The van der Waals surface area contributed by atoms with Gasteiger partial charge in [-0.1, -0.05) is 17.7 Å². The molecule has 2 nitrogen and oxygen atoms in total. The highest BCUT2D eigenvalue weighted by Crippen LogP contribution is 2.25. The maximum absolute atomic E-state index is 13.9. The number of aromatic nitrogens is 1. The van der Waals surface area contributed by atoms with Gasteiger partial charge in [0.2, 0.25) is 0 Å². The van der Waals surface area contributed by atoms with E-state index in [0.717, 1.165) is 6.42 Å². The van der Waals surface area contributed by atoms with E-state index in [2.05, 4.69) is 43.2 Å². The minimum atomic E-state index is -0.255. The molecule has 2 aromatic rings. The van der Waals surface area contributed by atoms with Crippen LogP contribution in [0.4, 0.5) is 4.39 Å². The smallest absolute Gasteiger partial charge is 0.146 e. The quantitative estimate of drug-likeness (QED) is 0.919. The molecule has 1 heterocycles. The van der Waals surface area contributed by atoms with Crippen LogP contribution in [-0.2, 0) is 6.42 Å². The Bertz CT molecular complexity index is 585. The predicted molar refractivity (Wildman–Crippen MR) is 80.4 cm³/mol. The molecule has 3 heteroatoms. The van der Waals surface area contributed by atoms with Crippen molar-refractivity contribution in [2.45, 2.75) is 33.2 Å². The van der Waals surface area contributed by atoms with Crippen LogP contribution in [0.3, 0.4) is 0 Å². The minimum absolute atomic E-state index is 0.0434. The fourth-order valence-corrected chi connectivity index (χ4v) is 2.77. The number of nitrogens with zero attached hydrogens (tertiary/aromatic N) is 1. The topological polar surface area (TPSA) is 24.9 Å². The van der Waals surface area contributed by atoms with E-state index >= 15 is 0 Å². The molecular weight excluding hydrogens is 251 g/mol. The highest BCUT2D eigenvalue weighted by Gasteiger charge is 2.16. The Balaban J connectivity index is 2.35. The summed E-state index contributed by atoms with van der Waals surface area (Å²) < 4.78 is 13.9. The Labute approximate surface area is 120 Å². The fourth-order valence-electron chi connectivity index (χ4n) is 2.77. The lowest BCUT2D eigenvalue weighted by molar-refractivity contribution is 0.529. The molecule has 0 fully saturated rings. The first-order chi connectivity index (χ1) is 9.52. The summed E-state index contributed by atoms with van der Waals surface area (Å²) in [7, 11) is 1.86. The molecule has 0 saturated carbocycles. The molecule has 106 valence electrons. The summed E-state index contributed by atoms with van der Waals surface area (Å²) in [4.78, 5) is 3.81. The number of benzene rings is 1. The normalized spacial score (nSPS) is 12.4. The number of pyridine rings is 1. The summed E-state index contributed by atoms with van der Waals surface area (Å²) >= 11 is 0. The molecule has 2 rings (SSSR count). The van der Waals surface area contributed by atoms with Crippen molar-refractivity contribution in [1.29, 1.82) is 0 Å². The summed E-state index contributed by atoms with van der Waals surface area (Å²) in [5.41, 5.74) is 5.74. The average Bonchev–Trinajstić information content (AvgIpc) is 2.39. The van der Waals surface area contributed by atoms with Gasteiger partial charge in [-0.2, -0.15) is 0 Å². The van der Waals surface area contributed by atoms with E-state index < -0.39 is 0 Å². The van der Waals surface area contributed by atoms with Crippen LogP contribution >= 0.6 is 0 Å². The maximum atomic E-state index is 13.9. The molecule has 1 aromatic heterocycles. The highest BCUT2D eigenvalue weighted by atomic mass is 19.1. The zero-order valence-electron chi connectivity index (χ0n) is 12.5. The van der Waals surface area contributed by atoms with Gasteiger partial charge < -0.3 is 5.32 Å². The van der Waals surface area contributed by atoms with Crippen molar-refractivity contribution in [2.75, 3.05) is 7.05 Å². The molecule has 1 N–H and O–H groups in total. The standard InChI is InChI=1S/C17H21FN2/c1-11-7-12(2)15(13(3)8-11)9-17(19-4)14-5-6-20-10-16(14)18/h5-8,10,17,19H,9H2,1-4H3. The molecule has 1 atom stereocenters. The minimum Gasteiger partial charge on any atom is -0.313 e. The molecule has 20 heavy (non-hydrogen) atoms. The average molecular weight is 272 g/mol. The largest absolute Gasteiger partial charge is 0.313 e. The zero-order chi connectivity index (χ0) is 14.7. The Morgan fingerprint density at radius 1 is 1.20 bits per heavy atom. The van der Waals surface area contributed by atoms with Gasteiger partial charge in [0.05, 0.1) is 6.20 Å². The van der Waals surface area contributed by atoms with Crippen LogP contribution in [0.5, 0.6) is 0 Å². The van der Waals surface area contributed by atoms with E-state index in [1.165, 1.54) is 28.5 Å². The summed E-state index contributed by atoms with van der Waals surface area (Å²) in [5, 5.41) is 3.21. The molecular formula is C17H21FN2. The van der Waals surface area contributed by atoms with Crippen LogP contribution in [0.25, 0.3) is 0 Å². The van der Waals surface area contributed by atoms with Crippen LogP contribution in [0.15, 0.2) is 30.6 Å². The van der Waals surface area contributed by atoms with Crippen LogP contribution < -0.4 is 5.32 Å². The van der Waals surface area contributed by atoms with Crippen LogP contribution in [0.2, 0.25) is 0 Å². The van der Waals surface area contributed by atoms with Gasteiger partial charge in [0.25, 0.3) is 0 Å². The number of hydrogen-bond donors (Lipinski definition) is 1. The van der Waals surface area contributed by atoms with Gasteiger partial charge in [-0.3, -0.25) is 4.98 Å². The number of halogens is 1. The van der Waals surface area contributed by atoms with Crippen molar-refractivity contribution >= 4 is 0 Å². The van der Waals surface area contributed by atoms with Crippen molar-refractivity contribution in [3.63, 3.8) is 0 Å². The maximum Gasteiger partial charge on any atom is 0.146 e. The number of likely N-dealkylation sites (N-methyl/N-ethyl adjacent to an activating group) is 1. The van der Waals surface area contributed by atoms with E-state index in [1.807, 2.05) is 7.05 Å². The third-order valence-electron chi connectivity index (χ3n) is 3.78. The summed E-state index contributed by atoms with van der Waals surface area (Å²) in [5.74, 6) is -0.255. The van der Waals surface area contributed by atoms with Gasteiger partial charge in [-0.15, -0.1) is 0 Å². The van der Waals surface area contributed by atoms with Gasteiger partial charge in [-0.05, 0) is 57.0 Å². The number of aryl methyl sites for hydroxylation is 3. The van der Waals surface area contributed by atoms with E-state index in [1.54, 1.807) is 12.3 Å². The van der Waals surface area contributed by atoms with E-state index in [0.29, 0.717) is 5.56 Å². The van der Waals surface area contributed by atoms with Crippen molar-refractivity contribution in [3.8, 4) is 0 Å². The Morgan fingerprint density at radius 2 is 1.85 bits per heavy atom. The second-order valence-corrected chi connectivity index (χ2v) is 5.32. The monoisotopic (exact) mass is 272 g/mol. The van der Waals surface area contributed by atoms with Gasteiger partial charge in [0.1, 0.15) is 5.82 Å². The molecule has 0 aliphatic heterocycles. The number of nitrogens with one attached hydrogen (secondary N) is 1. The lowest BCUT2D eigenvalue weighted by Gasteiger charge is -2.20. The van der Waals surface area contributed by atoms with Crippen LogP contribution in [0, 0.1) is 26.6 Å². The molecule has 0 amide bonds. The summed E-state index contributed by atoms with van der Waals surface area (Å²) in [6.45, 7) is 6.33. The second kappa shape index (κ2) is 6.14. The first kappa shape index (κ1) is 14.7. The lowest BCUT2D eigenvalue weighted by atomic mass is 9.92. The lowest BCUT2D eigenvalue weighted by Crippen LogP contribution is -2.21. The second-order valence-electron chi connectivity index (χ2n) is 5.32. The number of hydrogen-bond acceptors (Lipinski definition) is 2. The summed E-state index contributed by atoms with van der Waals surface area (Å²) in [6.07, 6.45) is 3.68. The van der Waals surface area contributed by atoms with Gasteiger partial charge in [0, 0.05) is 17.8 Å². The molecule has 1 aromatic carbocycles. The molecule has 0 aliphatic rings. The summed E-state index contributed by atoms with van der Waals surface area (Å²) in [6, 6.07) is 6.06. The van der Waals surface area contributed by atoms with Gasteiger partial charge in [-0.25, -0.2) is 4.39 Å². The predicted octanol–water partition coefficient (Wildman–Crippen LogP) is 3.65. The molecule has 1 unspecified atom stereocenters. The third kappa shape index (κ3) is 3.05. The van der Waals surface area contributed by atoms with Gasteiger partial charge >= 0.3 is 0 Å². The van der Waals surface area contributed by atoms with Crippen molar-refractivity contribution < 1.29 is 4.39 Å². The molecule has 0 bridgehead atoms. The van der Waals surface area contributed by atoms with Crippen molar-refractivity contribution in [2.24, 2.45) is 0 Å². The van der Waals surface area contributed by atoms with E-state index in [-0.39, 0.29) is 11.9 Å². The SMILES string of the molecule is CNC(Cc1c(C)cc(C)cc1C)c1ccncc1F.